The van der Waals surface area contributed by atoms with Gasteiger partial charge in [-0.25, -0.2) is 9.18 Å². The first kappa shape index (κ1) is 25.2. The van der Waals surface area contributed by atoms with E-state index in [4.69, 9.17) is 4.74 Å². The molecule has 11 heteroatoms. The lowest BCUT2D eigenvalue weighted by Gasteiger charge is -2.20. The molecule has 3 aromatic heterocycles. The van der Waals surface area contributed by atoms with Gasteiger partial charge < -0.3 is 25.6 Å². The van der Waals surface area contributed by atoms with Gasteiger partial charge in [-0.15, -0.1) is 11.3 Å². The van der Waals surface area contributed by atoms with Crippen LogP contribution in [0.5, 0.6) is 11.5 Å². The summed E-state index contributed by atoms with van der Waals surface area (Å²) >= 11 is 1.46. The highest BCUT2D eigenvalue weighted by atomic mass is 32.1. The van der Waals surface area contributed by atoms with Crippen LogP contribution in [0.2, 0.25) is 0 Å². The van der Waals surface area contributed by atoms with E-state index >= 15 is 0 Å². The molecule has 9 nitrogen and oxygen atoms in total. The van der Waals surface area contributed by atoms with Gasteiger partial charge in [-0.2, -0.15) is 0 Å². The summed E-state index contributed by atoms with van der Waals surface area (Å²) in [5.41, 5.74) is 2.82. The number of hydrogen-bond donors (Lipinski definition) is 3. The average molecular weight is 547 g/mol. The number of pyridine rings is 2. The molecule has 2 fully saturated rings. The number of urea groups is 1. The maximum Gasteiger partial charge on any atom is 0.319 e. The molecule has 0 spiro atoms. The van der Waals surface area contributed by atoms with Crippen LogP contribution in [0.15, 0.2) is 54.9 Å². The summed E-state index contributed by atoms with van der Waals surface area (Å²) < 4.78 is 21.5. The first-order valence-corrected chi connectivity index (χ1v) is 13.7. The van der Waals surface area contributed by atoms with Crippen LogP contribution >= 0.6 is 11.3 Å². The number of benzene rings is 1. The van der Waals surface area contributed by atoms with E-state index in [0.29, 0.717) is 37.5 Å². The molecule has 0 bridgehead atoms. The molecule has 0 unspecified atom stereocenters. The summed E-state index contributed by atoms with van der Waals surface area (Å²) in [4.78, 5) is 36.1. The Labute approximate surface area is 228 Å². The fourth-order valence-corrected chi connectivity index (χ4v) is 5.39. The number of hydrogen-bond acceptors (Lipinski definition) is 7. The standard InChI is InChI=1S/C28H27FN6O3S/c29-20-13-19(34-28(37)33-18-2-3-18)4-6-23(20)38-24-7-10-31-22-14-25(39-27(22)24)21-5-1-17(15-32-21)16-35-12-11-30-9-8-26(35)36/h1,4-7,10,13-15,18,30H,2-3,8-9,11-12,16H2,(H2,33,34,37). The number of amides is 3. The average Bonchev–Trinajstić information content (AvgIpc) is 3.67. The molecule has 6 rings (SSSR count). The number of carbonyl (C=O) groups excluding carboxylic acids is 2. The number of carbonyl (C=O) groups is 2. The summed E-state index contributed by atoms with van der Waals surface area (Å²) in [6.45, 7) is 2.72. The van der Waals surface area contributed by atoms with E-state index < -0.39 is 5.82 Å². The van der Waals surface area contributed by atoms with Crippen molar-refractivity contribution in [3.63, 3.8) is 0 Å². The SMILES string of the molecule is O=C(Nc1ccc(Oc2ccnc3cc(-c4ccc(CN5CCNCCC5=O)cn4)sc23)c(F)c1)NC1CC1. The van der Waals surface area contributed by atoms with Gasteiger partial charge in [0.15, 0.2) is 11.6 Å². The highest BCUT2D eigenvalue weighted by Gasteiger charge is 2.23. The molecule has 0 radical (unpaired) electrons. The van der Waals surface area contributed by atoms with Crippen molar-refractivity contribution in [2.24, 2.45) is 0 Å². The maximum atomic E-state index is 14.8. The molecule has 1 saturated carbocycles. The predicted molar refractivity (Wildman–Crippen MR) is 147 cm³/mol. The van der Waals surface area contributed by atoms with Crippen molar-refractivity contribution in [3.05, 3.63) is 66.2 Å². The Kier molecular flexibility index (Phi) is 7.08. The molecule has 1 aliphatic heterocycles. The van der Waals surface area contributed by atoms with E-state index in [1.807, 2.05) is 23.1 Å². The number of aromatic nitrogens is 2. The smallest absolute Gasteiger partial charge is 0.319 e. The maximum absolute atomic E-state index is 14.8. The third-order valence-corrected chi connectivity index (χ3v) is 7.74. The zero-order valence-electron chi connectivity index (χ0n) is 21.1. The Balaban J connectivity index is 1.16. The van der Waals surface area contributed by atoms with E-state index in [-0.39, 0.29) is 23.7 Å². The van der Waals surface area contributed by atoms with E-state index in [2.05, 4.69) is 25.9 Å². The van der Waals surface area contributed by atoms with Gasteiger partial charge in [0, 0.05) is 68.9 Å². The van der Waals surface area contributed by atoms with Crippen molar-refractivity contribution < 1.29 is 18.7 Å². The Morgan fingerprint density at radius 3 is 2.82 bits per heavy atom. The molecule has 1 saturated heterocycles. The van der Waals surface area contributed by atoms with Gasteiger partial charge in [0.05, 0.1) is 20.8 Å². The predicted octanol–water partition coefficient (Wildman–Crippen LogP) is 4.90. The second kappa shape index (κ2) is 11.0. The van der Waals surface area contributed by atoms with E-state index in [1.54, 1.807) is 24.5 Å². The highest BCUT2D eigenvalue weighted by Crippen LogP contribution is 2.39. The van der Waals surface area contributed by atoms with Gasteiger partial charge in [0.2, 0.25) is 5.91 Å². The first-order chi connectivity index (χ1) is 19.0. The second-order valence-corrected chi connectivity index (χ2v) is 10.7. The molecule has 4 aromatic rings. The van der Waals surface area contributed by atoms with Crippen LogP contribution in [0.1, 0.15) is 24.8 Å². The third-order valence-electron chi connectivity index (χ3n) is 6.58. The van der Waals surface area contributed by atoms with Crippen LogP contribution in [-0.4, -0.2) is 52.5 Å². The molecule has 39 heavy (non-hydrogen) atoms. The summed E-state index contributed by atoms with van der Waals surface area (Å²) in [7, 11) is 0. The summed E-state index contributed by atoms with van der Waals surface area (Å²) in [5, 5.41) is 8.70. The molecule has 2 aliphatic rings. The number of halogens is 1. The molecular weight excluding hydrogens is 519 g/mol. The van der Waals surface area contributed by atoms with Crippen molar-refractivity contribution in [2.75, 3.05) is 25.0 Å². The number of rotatable bonds is 7. The fourth-order valence-electron chi connectivity index (χ4n) is 4.35. The fraction of sp³-hybridized carbons (Fsp3) is 0.286. The number of nitrogens with zero attached hydrogens (tertiary/aromatic N) is 3. The minimum absolute atomic E-state index is 0.0475. The second-order valence-electron chi connectivity index (χ2n) is 9.62. The van der Waals surface area contributed by atoms with Crippen LogP contribution in [-0.2, 0) is 11.3 Å². The zero-order valence-corrected chi connectivity index (χ0v) is 21.9. The van der Waals surface area contributed by atoms with Crippen molar-refractivity contribution in [1.29, 1.82) is 0 Å². The number of nitrogens with one attached hydrogen (secondary N) is 3. The molecular formula is C28H27FN6O3S. The topological polar surface area (TPSA) is 108 Å². The molecule has 1 aromatic carbocycles. The van der Waals surface area contributed by atoms with Gasteiger partial charge in [0.25, 0.3) is 0 Å². The molecule has 1 aliphatic carbocycles. The molecule has 3 amide bonds. The van der Waals surface area contributed by atoms with Gasteiger partial charge in [-0.3, -0.25) is 14.8 Å². The monoisotopic (exact) mass is 546 g/mol. The van der Waals surface area contributed by atoms with Crippen LogP contribution < -0.4 is 20.7 Å². The molecule has 0 atom stereocenters. The minimum atomic E-state index is -0.586. The molecule has 4 heterocycles. The lowest BCUT2D eigenvalue weighted by molar-refractivity contribution is -0.130. The van der Waals surface area contributed by atoms with Crippen molar-refractivity contribution in [2.45, 2.75) is 31.8 Å². The molecule has 200 valence electrons. The normalized spacial score (nSPS) is 15.7. The van der Waals surface area contributed by atoms with E-state index in [9.17, 15) is 14.0 Å². The lowest BCUT2D eigenvalue weighted by Crippen LogP contribution is -2.31. The number of thiophene rings is 1. The Bertz CT molecular complexity index is 1520. The van der Waals surface area contributed by atoms with Crippen LogP contribution in [0.25, 0.3) is 20.8 Å². The Hall–Kier alpha value is -4.09. The number of ether oxygens (including phenoxy) is 1. The van der Waals surface area contributed by atoms with E-state index in [0.717, 1.165) is 45.7 Å². The Morgan fingerprint density at radius 1 is 1.13 bits per heavy atom. The summed E-state index contributed by atoms with van der Waals surface area (Å²) in [6.07, 6.45) is 5.87. The zero-order chi connectivity index (χ0) is 26.8. The lowest BCUT2D eigenvalue weighted by atomic mass is 10.2. The van der Waals surface area contributed by atoms with Crippen molar-refractivity contribution >= 4 is 39.2 Å². The third kappa shape index (κ3) is 5.99. The minimum Gasteiger partial charge on any atom is -0.453 e. The van der Waals surface area contributed by atoms with E-state index in [1.165, 1.54) is 23.5 Å². The van der Waals surface area contributed by atoms with Gasteiger partial charge in [0.1, 0.15) is 5.75 Å². The Morgan fingerprint density at radius 2 is 2.03 bits per heavy atom. The molecule has 3 N–H and O–H groups in total. The largest absolute Gasteiger partial charge is 0.453 e. The quantitative estimate of drug-likeness (QED) is 0.305. The highest BCUT2D eigenvalue weighted by molar-refractivity contribution is 7.22. The first-order valence-electron chi connectivity index (χ1n) is 12.9. The number of fused-ring (bicyclic) bond motifs is 1. The van der Waals surface area contributed by atoms with Crippen molar-refractivity contribution in [1.82, 2.24) is 25.5 Å². The van der Waals surface area contributed by atoms with Gasteiger partial charge >= 0.3 is 6.03 Å². The summed E-state index contributed by atoms with van der Waals surface area (Å²) in [6, 6.07) is 11.7. The van der Waals surface area contributed by atoms with Crippen LogP contribution in [0, 0.1) is 5.82 Å². The number of anilines is 1. The van der Waals surface area contributed by atoms with Crippen LogP contribution in [0.4, 0.5) is 14.9 Å². The van der Waals surface area contributed by atoms with Gasteiger partial charge in [-0.05, 0) is 42.7 Å². The van der Waals surface area contributed by atoms with Gasteiger partial charge in [-0.1, -0.05) is 6.07 Å². The van der Waals surface area contributed by atoms with Crippen LogP contribution in [0.3, 0.4) is 0 Å². The van der Waals surface area contributed by atoms with Crippen molar-refractivity contribution in [3.8, 4) is 22.1 Å². The summed E-state index contributed by atoms with van der Waals surface area (Å²) in [5.74, 6) is 0.0871.